The normalized spacial score (nSPS) is 11.1. The van der Waals surface area contributed by atoms with Crippen LogP contribution in [0.4, 0.5) is 10.5 Å². The standard InChI is InChI=1S/C11H14Br2N2O2/c1-11(2,3)17-10(16)15-7-4-8(6-12)14-9(13)5-7/h4-5H,6H2,1-3H3,(H,14,15,16). The van der Waals surface area contributed by atoms with Crippen LogP contribution in [-0.4, -0.2) is 16.7 Å². The number of carbonyl (C=O) groups is 1. The maximum absolute atomic E-state index is 11.6. The van der Waals surface area contributed by atoms with E-state index in [0.717, 1.165) is 5.69 Å². The maximum Gasteiger partial charge on any atom is 0.412 e. The van der Waals surface area contributed by atoms with E-state index in [9.17, 15) is 4.79 Å². The highest BCUT2D eigenvalue weighted by atomic mass is 79.9. The third-order valence-electron chi connectivity index (χ3n) is 1.63. The van der Waals surface area contributed by atoms with Crippen molar-refractivity contribution >= 4 is 43.6 Å². The summed E-state index contributed by atoms with van der Waals surface area (Å²) in [6.45, 7) is 5.46. The molecule has 4 nitrogen and oxygen atoms in total. The second kappa shape index (κ2) is 5.82. The largest absolute Gasteiger partial charge is 0.444 e. The van der Waals surface area contributed by atoms with Gasteiger partial charge in [-0.15, -0.1) is 0 Å². The molecule has 0 aliphatic heterocycles. The van der Waals surface area contributed by atoms with Gasteiger partial charge < -0.3 is 4.74 Å². The zero-order valence-electron chi connectivity index (χ0n) is 9.88. The first-order valence-electron chi connectivity index (χ1n) is 5.02. The molecule has 0 aromatic carbocycles. The number of ether oxygens (including phenoxy) is 1. The van der Waals surface area contributed by atoms with E-state index in [4.69, 9.17) is 4.74 Å². The predicted octanol–water partition coefficient (Wildman–Crippen LogP) is 4.09. The van der Waals surface area contributed by atoms with Crippen LogP contribution in [0.3, 0.4) is 0 Å². The van der Waals surface area contributed by atoms with Crippen molar-refractivity contribution in [3.63, 3.8) is 0 Å². The number of hydrogen-bond acceptors (Lipinski definition) is 3. The summed E-state index contributed by atoms with van der Waals surface area (Å²) in [5, 5.41) is 3.28. The summed E-state index contributed by atoms with van der Waals surface area (Å²) in [6, 6.07) is 3.50. The van der Waals surface area contributed by atoms with Crippen molar-refractivity contribution in [3.05, 3.63) is 22.4 Å². The van der Waals surface area contributed by atoms with Gasteiger partial charge in [-0.25, -0.2) is 9.78 Å². The van der Waals surface area contributed by atoms with E-state index in [1.54, 1.807) is 12.1 Å². The molecule has 0 saturated carbocycles. The van der Waals surface area contributed by atoms with E-state index in [-0.39, 0.29) is 0 Å². The molecule has 6 heteroatoms. The summed E-state index contributed by atoms with van der Waals surface area (Å²) >= 11 is 6.59. The minimum absolute atomic E-state index is 0.476. The molecule has 17 heavy (non-hydrogen) atoms. The molecule has 0 fully saturated rings. The molecule has 1 aromatic heterocycles. The van der Waals surface area contributed by atoms with Crippen LogP contribution in [0.25, 0.3) is 0 Å². The second-order valence-electron chi connectivity index (χ2n) is 4.43. The summed E-state index contributed by atoms with van der Waals surface area (Å²) < 4.78 is 5.82. The molecule has 94 valence electrons. The molecule has 0 radical (unpaired) electrons. The number of hydrogen-bond donors (Lipinski definition) is 1. The van der Waals surface area contributed by atoms with Gasteiger partial charge in [0, 0.05) is 11.0 Å². The lowest BCUT2D eigenvalue weighted by atomic mass is 10.2. The van der Waals surface area contributed by atoms with Gasteiger partial charge in [0.1, 0.15) is 10.2 Å². The van der Waals surface area contributed by atoms with Crippen LogP contribution in [0.15, 0.2) is 16.7 Å². The molecule has 0 unspecified atom stereocenters. The zero-order chi connectivity index (χ0) is 13.1. The summed E-state index contributed by atoms with van der Waals surface area (Å²) in [5.41, 5.74) is 0.966. The fourth-order valence-electron chi connectivity index (χ4n) is 1.11. The van der Waals surface area contributed by atoms with Crippen molar-refractivity contribution in [2.45, 2.75) is 31.7 Å². The van der Waals surface area contributed by atoms with Gasteiger partial charge >= 0.3 is 6.09 Å². The highest BCUT2D eigenvalue weighted by molar-refractivity contribution is 9.10. The average Bonchev–Trinajstić information content (AvgIpc) is 2.13. The van der Waals surface area contributed by atoms with Crippen LogP contribution in [0.2, 0.25) is 0 Å². The van der Waals surface area contributed by atoms with Gasteiger partial charge in [0.05, 0.1) is 5.69 Å². The number of aromatic nitrogens is 1. The lowest BCUT2D eigenvalue weighted by Crippen LogP contribution is -2.27. The number of nitrogens with one attached hydrogen (secondary N) is 1. The van der Waals surface area contributed by atoms with E-state index in [1.807, 2.05) is 20.8 Å². The fourth-order valence-corrected chi connectivity index (χ4v) is 1.87. The van der Waals surface area contributed by atoms with Gasteiger partial charge in [-0.3, -0.25) is 5.32 Å². The first kappa shape index (κ1) is 14.4. The summed E-state index contributed by atoms with van der Waals surface area (Å²) in [7, 11) is 0. The topological polar surface area (TPSA) is 51.2 Å². The number of anilines is 1. The van der Waals surface area contributed by atoms with E-state index in [2.05, 4.69) is 42.2 Å². The summed E-state index contributed by atoms with van der Waals surface area (Å²) in [6.07, 6.45) is -0.476. The molecule has 1 amide bonds. The van der Waals surface area contributed by atoms with E-state index < -0.39 is 11.7 Å². The smallest absolute Gasteiger partial charge is 0.412 e. The number of nitrogens with zero attached hydrogens (tertiary/aromatic N) is 1. The first-order valence-corrected chi connectivity index (χ1v) is 6.94. The predicted molar refractivity (Wildman–Crippen MR) is 74.4 cm³/mol. The van der Waals surface area contributed by atoms with Gasteiger partial charge in [-0.2, -0.15) is 0 Å². The SMILES string of the molecule is CC(C)(C)OC(=O)Nc1cc(Br)nc(CBr)c1. The van der Waals surface area contributed by atoms with Crippen LogP contribution in [0.1, 0.15) is 26.5 Å². The van der Waals surface area contributed by atoms with Crippen molar-refractivity contribution in [2.24, 2.45) is 0 Å². The van der Waals surface area contributed by atoms with Crippen molar-refractivity contribution in [1.29, 1.82) is 0 Å². The Morgan fingerprint density at radius 1 is 1.47 bits per heavy atom. The number of pyridine rings is 1. The van der Waals surface area contributed by atoms with Crippen molar-refractivity contribution in [1.82, 2.24) is 4.98 Å². The van der Waals surface area contributed by atoms with Crippen LogP contribution in [0, 0.1) is 0 Å². The average molecular weight is 366 g/mol. The van der Waals surface area contributed by atoms with Crippen LogP contribution in [-0.2, 0) is 10.1 Å². The molecular formula is C11H14Br2N2O2. The van der Waals surface area contributed by atoms with Gasteiger partial charge in [-0.05, 0) is 48.8 Å². The number of alkyl halides is 1. The quantitative estimate of drug-likeness (QED) is 0.634. The molecule has 0 bridgehead atoms. The highest BCUT2D eigenvalue weighted by Gasteiger charge is 2.16. The molecule has 0 atom stereocenters. The Balaban J connectivity index is 2.74. The van der Waals surface area contributed by atoms with Gasteiger partial charge in [-0.1, -0.05) is 15.9 Å². The fraction of sp³-hybridized carbons (Fsp3) is 0.455. The van der Waals surface area contributed by atoms with E-state index in [1.165, 1.54) is 0 Å². The van der Waals surface area contributed by atoms with Gasteiger partial charge in [0.25, 0.3) is 0 Å². The van der Waals surface area contributed by atoms with Crippen molar-refractivity contribution < 1.29 is 9.53 Å². The number of carbonyl (C=O) groups excluding carboxylic acids is 1. The second-order valence-corrected chi connectivity index (χ2v) is 5.80. The van der Waals surface area contributed by atoms with Crippen LogP contribution >= 0.6 is 31.9 Å². The van der Waals surface area contributed by atoms with E-state index >= 15 is 0 Å². The third kappa shape index (κ3) is 5.50. The number of amides is 1. The Morgan fingerprint density at radius 3 is 2.65 bits per heavy atom. The molecular weight excluding hydrogens is 352 g/mol. The van der Waals surface area contributed by atoms with Crippen molar-refractivity contribution in [2.75, 3.05) is 5.32 Å². The first-order chi connectivity index (χ1) is 7.80. The summed E-state index contributed by atoms with van der Waals surface area (Å²) in [4.78, 5) is 15.8. The molecule has 1 N–H and O–H groups in total. The van der Waals surface area contributed by atoms with Crippen LogP contribution in [0.5, 0.6) is 0 Å². The number of rotatable bonds is 2. The number of halogens is 2. The lowest BCUT2D eigenvalue weighted by molar-refractivity contribution is 0.0636. The molecule has 0 aliphatic rings. The van der Waals surface area contributed by atoms with Crippen molar-refractivity contribution in [3.8, 4) is 0 Å². The van der Waals surface area contributed by atoms with Gasteiger partial charge in [0.15, 0.2) is 0 Å². The Labute approximate surface area is 117 Å². The lowest BCUT2D eigenvalue weighted by Gasteiger charge is -2.19. The third-order valence-corrected chi connectivity index (χ3v) is 2.61. The Morgan fingerprint density at radius 2 is 2.12 bits per heavy atom. The van der Waals surface area contributed by atoms with Crippen LogP contribution < -0.4 is 5.32 Å². The van der Waals surface area contributed by atoms with E-state index in [0.29, 0.717) is 15.6 Å². The molecule has 1 heterocycles. The Kier molecular flexibility index (Phi) is 4.94. The summed E-state index contributed by atoms with van der Waals surface area (Å²) in [5.74, 6) is 0. The monoisotopic (exact) mass is 364 g/mol. The Hall–Kier alpha value is -0.620. The molecule has 0 spiro atoms. The maximum atomic E-state index is 11.6. The minimum Gasteiger partial charge on any atom is -0.444 e. The molecule has 0 aliphatic carbocycles. The molecule has 1 aromatic rings. The van der Waals surface area contributed by atoms with Gasteiger partial charge in [0.2, 0.25) is 0 Å². The zero-order valence-corrected chi connectivity index (χ0v) is 13.1. The Bertz CT molecular complexity index is 416. The highest BCUT2D eigenvalue weighted by Crippen LogP contribution is 2.18. The minimum atomic E-state index is -0.507. The molecule has 1 rings (SSSR count). The molecule has 0 saturated heterocycles.